The van der Waals surface area contributed by atoms with Crippen molar-refractivity contribution in [3.63, 3.8) is 0 Å². The highest BCUT2D eigenvalue weighted by molar-refractivity contribution is 6.33. The van der Waals surface area contributed by atoms with Gasteiger partial charge in [0.25, 0.3) is 5.91 Å². The van der Waals surface area contributed by atoms with Crippen molar-refractivity contribution in [3.8, 4) is 6.07 Å². The van der Waals surface area contributed by atoms with Crippen LogP contribution in [0.2, 0.25) is 5.02 Å². The Morgan fingerprint density at radius 3 is 2.52 bits per heavy atom. The first kappa shape index (κ1) is 16.6. The number of nitrogens with zero attached hydrogens (tertiary/aromatic N) is 1. The molecule has 112 valence electrons. The van der Waals surface area contributed by atoms with Gasteiger partial charge in [-0.2, -0.15) is 18.4 Å². The molecule has 0 spiro atoms. The molecule has 0 saturated heterocycles. The zero-order chi connectivity index (χ0) is 16.0. The van der Waals surface area contributed by atoms with Gasteiger partial charge in [0, 0.05) is 0 Å². The van der Waals surface area contributed by atoms with Gasteiger partial charge in [0.1, 0.15) is 6.42 Å². The number of hydrogen-bond acceptors (Lipinski definition) is 3. The zero-order valence-electron chi connectivity index (χ0n) is 10.2. The number of hydrazine groups is 1. The van der Waals surface area contributed by atoms with Crippen molar-refractivity contribution in [2.45, 2.75) is 12.6 Å². The Morgan fingerprint density at radius 1 is 1.29 bits per heavy atom. The summed E-state index contributed by atoms with van der Waals surface area (Å²) in [7, 11) is 0. The molecule has 0 fully saturated rings. The summed E-state index contributed by atoms with van der Waals surface area (Å²) >= 11 is 5.66. The highest BCUT2D eigenvalue weighted by atomic mass is 35.5. The van der Waals surface area contributed by atoms with Crippen molar-refractivity contribution in [2.24, 2.45) is 0 Å². The normalized spacial score (nSPS) is 10.4. The topological polar surface area (TPSA) is 94.0 Å². The zero-order valence-corrected chi connectivity index (χ0v) is 11.0. The van der Waals surface area contributed by atoms with Crippen molar-refractivity contribution in [2.75, 3.05) is 5.32 Å². The summed E-state index contributed by atoms with van der Waals surface area (Å²) in [4.78, 5) is 22.3. The molecule has 0 unspecified atom stereocenters. The van der Waals surface area contributed by atoms with Gasteiger partial charge in [-0.1, -0.05) is 11.6 Å². The molecule has 21 heavy (non-hydrogen) atoms. The van der Waals surface area contributed by atoms with Crippen LogP contribution in [0.5, 0.6) is 0 Å². The molecule has 0 bridgehead atoms. The van der Waals surface area contributed by atoms with E-state index in [1.165, 1.54) is 0 Å². The third-order valence-electron chi connectivity index (χ3n) is 2.10. The van der Waals surface area contributed by atoms with Crippen LogP contribution < -0.4 is 16.2 Å². The predicted octanol–water partition coefficient (Wildman–Crippen LogP) is 2.43. The maximum atomic E-state index is 12.5. The first-order valence-electron chi connectivity index (χ1n) is 5.33. The Morgan fingerprint density at radius 2 is 1.95 bits per heavy atom. The number of benzene rings is 1. The third-order valence-corrected chi connectivity index (χ3v) is 2.43. The maximum Gasteiger partial charge on any atom is 0.416 e. The van der Waals surface area contributed by atoms with E-state index in [9.17, 15) is 22.8 Å². The van der Waals surface area contributed by atoms with Crippen LogP contribution in [-0.2, 0) is 11.0 Å². The number of nitrogens with one attached hydrogen (secondary N) is 3. The molecule has 1 aromatic rings. The lowest BCUT2D eigenvalue weighted by atomic mass is 10.2. The molecule has 0 atom stereocenters. The third kappa shape index (κ3) is 5.19. The van der Waals surface area contributed by atoms with Crippen molar-refractivity contribution >= 4 is 29.2 Å². The summed E-state index contributed by atoms with van der Waals surface area (Å²) in [6.07, 6.45) is -5.07. The number of hydrogen-bond donors (Lipinski definition) is 3. The summed E-state index contributed by atoms with van der Waals surface area (Å²) in [6.45, 7) is 0. The Kier molecular flexibility index (Phi) is 5.37. The maximum absolute atomic E-state index is 12.5. The highest BCUT2D eigenvalue weighted by Crippen LogP contribution is 2.33. The standard InChI is InChI=1S/C11H8ClF3N4O2/c12-7-2-1-6(11(13,14)15)5-8(7)17-10(21)19-18-9(20)3-4-16/h1-2,5H,3H2,(H,18,20)(H2,17,19,21). The van der Waals surface area contributed by atoms with Gasteiger partial charge >= 0.3 is 12.2 Å². The number of anilines is 1. The molecule has 0 radical (unpaired) electrons. The predicted molar refractivity (Wildman–Crippen MR) is 67.0 cm³/mol. The smallest absolute Gasteiger partial charge is 0.305 e. The van der Waals surface area contributed by atoms with E-state index in [1.807, 2.05) is 16.2 Å². The van der Waals surface area contributed by atoms with Crippen molar-refractivity contribution in [1.82, 2.24) is 10.9 Å². The molecule has 3 N–H and O–H groups in total. The van der Waals surface area contributed by atoms with Crippen LogP contribution in [0.25, 0.3) is 0 Å². The minimum Gasteiger partial charge on any atom is -0.305 e. The van der Waals surface area contributed by atoms with E-state index in [4.69, 9.17) is 16.9 Å². The fourth-order valence-corrected chi connectivity index (χ4v) is 1.36. The number of halogens is 4. The number of urea groups is 1. The molecule has 6 nitrogen and oxygen atoms in total. The van der Waals surface area contributed by atoms with E-state index in [0.29, 0.717) is 6.07 Å². The molecular formula is C11H8ClF3N4O2. The van der Waals surface area contributed by atoms with Crippen molar-refractivity contribution in [1.29, 1.82) is 5.26 Å². The first-order valence-corrected chi connectivity index (χ1v) is 5.71. The molecule has 10 heteroatoms. The number of rotatable bonds is 2. The van der Waals surface area contributed by atoms with E-state index < -0.39 is 30.1 Å². The summed E-state index contributed by atoms with van der Waals surface area (Å²) in [5.41, 5.74) is 2.47. The second kappa shape index (κ2) is 6.81. The number of amides is 3. The lowest BCUT2D eigenvalue weighted by molar-refractivity contribution is -0.137. The Balaban J connectivity index is 2.72. The lowest BCUT2D eigenvalue weighted by Gasteiger charge is -2.12. The Bertz CT molecular complexity index is 598. The molecule has 1 aromatic carbocycles. The molecule has 0 aliphatic rings. The number of carbonyl (C=O) groups is 2. The Labute approximate surface area is 121 Å². The lowest BCUT2D eigenvalue weighted by Crippen LogP contribution is -2.43. The van der Waals surface area contributed by atoms with Crippen LogP contribution in [0.3, 0.4) is 0 Å². The van der Waals surface area contributed by atoms with Crippen LogP contribution in [0.4, 0.5) is 23.7 Å². The minimum absolute atomic E-state index is 0.110. The summed E-state index contributed by atoms with van der Waals surface area (Å²) in [6, 6.07) is 2.93. The van der Waals surface area contributed by atoms with Crippen LogP contribution >= 0.6 is 11.6 Å². The van der Waals surface area contributed by atoms with Gasteiger partial charge in [-0.25, -0.2) is 10.2 Å². The van der Waals surface area contributed by atoms with Crippen molar-refractivity contribution < 1.29 is 22.8 Å². The Hall–Kier alpha value is -2.47. The van der Waals surface area contributed by atoms with Crippen LogP contribution in [0.1, 0.15) is 12.0 Å². The van der Waals surface area contributed by atoms with Crippen molar-refractivity contribution in [3.05, 3.63) is 28.8 Å². The van der Waals surface area contributed by atoms with Crippen LogP contribution in [-0.4, -0.2) is 11.9 Å². The van der Waals surface area contributed by atoms with Gasteiger partial charge in [-0.3, -0.25) is 10.2 Å². The van der Waals surface area contributed by atoms with Crippen LogP contribution in [0.15, 0.2) is 18.2 Å². The second-order valence-electron chi connectivity index (χ2n) is 3.65. The van der Waals surface area contributed by atoms with Gasteiger partial charge in [0.15, 0.2) is 0 Å². The highest BCUT2D eigenvalue weighted by Gasteiger charge is 2.31. The minimum atomic E-state index is -4.58. The van der Waals surface area contributed by atoms with E-state index >= 15 is 0 Å². The van der Waals surface area contributed by atoms with Gasteiger partial charge in [0.2, 0.25) is 0 Å². The molecule has 3 amide bonds. The number of carbonyl (C=O) groups excluding carboxylic acids is 2. The van der Waals surface area contributed by atoms with E-state index in [1.54, 1.807) is 6.07 Å². The van der Waals surface area contributed by atoms with Gasteiger partial charge < -0.3 is 5.32 Å². The molecule has 0 aromatic heterocycles. The SMILES string of the molecule is N#CCC(=O)NNC(=O)Nc1cc(C(F)(F)F)ccc1Cl. The van der Waals surface area contributed by atoms with Gasteiger partial charge in [-0.05, 0) is 18.2 Å². The quantitative estimate of drug-likeness (QED) is 0.730. The molecule has 1 rings (SSSR count). The number of nitriles is 1. The van der Waals surface area contributed by atoms with E-state index in [0.717, 1.165) is 12.1 Å². The summed E-state index contributed by atoms with van der Waals surface area (Å²) in [5, 5.41) is 10.1. The molecular weight excluding hydrogens is 313 g/mol. The van der Waals surface area contributed by atoms with E-state index in [2.05, 4.69) is 0 Å². The van der Waals surface area contributed by atoms with Gasteiger partial charge in [-0.15, -0.1) is 0 Å². The second-order valence-corrected chi connectivity index (χ2v) is 4.06. The molecule has 0 saturated carbocycles. The monoisotopic (exact) mass is 320 g/mol. The summed E-state index contributed by atoms with van der Waals surface area (Å²) in [5.74, 6) is -0.775. The van der Waals surface area contributed by atoms with Gasteiger partial charge in [0.05, 0.1) is 22.3 Å². The summed E-state index contributed by atoms with van der Waals surface area (Å²) < 4.78 is 37.6. The molecule has 0 aliphatic carbocycles. The molecule has 0 aliphatic heterocycles. The van der Waals surface area contributed by atoms with E-state index in [-0.39, 0.29) is 10.7 Å². The average Bonchev–Trinajstić information content (AvgIpc) is 2.38. The largest absolute Gasteiger partial charge is 0.416 e. The first-order chi connectivity index (χ1) is 9.74. The van der Waals surface area contributed by atoms with Crippen LogP contribution in [0, 0.1) is 11.3 Å². The molecule has 0 heterocycles. The average molecular weight is 321 g/mol. The fraction of sp³-hybridized carbons (Fsp3) is 0.182. The number of alkyl halides is 3. The fourth-order valence-electron chi connectivity index (χ4n) is 1.19.